The third-order valence-corrected chi connectivity index (χ3v) is 9.05. The zero-order valence-electron chi connectivity index (χ0n) is 23.5. The molecule has 216 valence electrons. The van der Waals surface area contributed by atoms with Crippen LogP contribution in [0.4, 0.5) is 0 Å². The van der Waals surface area contributed by atoms with E-state index in [0.29, 0.717) is 35.1 Å². The van der Waals surface area contributed by atoms with Gasteiger partial charge in [-0.15, -0.1) is 0 Å². The van der Waals surface area contributed by atoms with E-state index in [9.17, 15) is 29.4 Å². The van der Waals surface area contributed by atoms with Crippen molar-refractivity contribution < 1.29 is 38.9 Å². The van der Waals surface area contributed by atoms with Crippen molar-refractivity contribution >= 4 is 23.4 Å². The number of likely N-dealkylation sites (tertiary alicyclic amines) is 1. The van der Waals surface area contributed by atoms with Crippen LogP contribution in [0.3, 0.4) is 0 Å². The summed E-state index contributed by atoms with van der Waals surface area (Å²) in [6, 6.07) is 9.90. The molecule has 4 unspecified atom stereocenters. The number of methoxy groups -OCH3 is 2. The van der Waals surface area contributed by atoms with Gasteiger partial charge in [-0.25, -0.2) is 0 Å². The number of imide groups is 1. The molecule has 1 heterocycles. The third-order valence-electron chi connectivity index (χ3n) is 9.05. The zero-order valence-corrected chi connectivity index (χ0v) is 23.5. The lowest BCUT2D eigenvalue weighted by Gasteiger charge is -2.42. The number of ether oxygens (including phenoxy) is 2. The van der Waals surface area contributed by atoms with E-state index in [1.54, 1.807) is 43.3 Å². The molecular formula is C33H31NO8. The number of fused-ring (bicyclic) bond motifs is 3. The van der Waals surface area contributed by atoms with Gasteiger partial charge in [0.05, 0.1) is 26.1 Å². The topological polar surface area (TPSA) is 130 Å². The Bertz CT molecular complexity index is 1600. The van der Waals surface area contributed by atoms with Gasteiger partial charge >= 0.3 is 0 Å². The highest BCUT2D eigenvalue weighted by atomic mass is 16.5. The third kappa shape index (κ3) is 4.22. The minimum Gasteiger partial charge on any atom is -0.508 e. The van der Waals surface area contributed by atoms with Crippen LogP contribution in [0.15, 0.2) is 70.8 Å². The largest absolute Gasteiger partial charge is 0.508 e. The summed E-state index contributed by atoms with van der Waals surface area (Å²) in [4.78, 5) is 55.7. The van der Waals surface area contributed by atoms with Gasteiger partial charge in [-0.2, -0.15) is 0 Å². The van der Waals surface area contributed by atoms with E-state index in [2.05, 4.69) is 0 Å². The molecule has 1 fully saturated rings. The maximum Gasteiger partial charge on any atom is 0.233 e. The molecule has 0 aromatic heterocycles. The van der Waals surface area contributed by atoms with E-state index in [4.69, 9.17) is 9.47 Å². The van der Waals surface area contributed by atoms with Crippen molar-refractivity contribution in [2.45, 2.75) is 32.1 Å². The highest BCUT2D eigenvalue weighted by Crippen LogP contribution is 2.56. The number of rotatable bonds is 6. The van der Waals surface area contributed by atoms with Crippen molar-refractivity contribution in [3.63, 3.8) is 0 Å². The molecule has 2 aromatic rings. The van der Waals surface area contributed by atoms with Gasteiger partial charge < -0.3 is 19.7 Å². The number of ketones is 2. The maximum absolute atomic E-state index is 13.9. The van der Waals surface area contributed by atoms with Crippen molar-refractivity contribution in [3.05, 3.63) is 82.0 Å². The van der Waals surface area contributed by atoms with Gasteiger partial charge in [0.2, 0.25) is 17.6 Å². The molecule has 0 bridgehead atoms. The molecule has 42 heavy (non-hydrogen) atoms. The second kappa shape index (κ2) is 10.3. The summed E-state index contributed by atoms with van der Waals surface area (Å²) in [5.41, 5.74) is 3.33. The van der Waals surface area contributed by atoms with Gasteiger partial charge in [0.1, 0.15) is 5.75 Å². The van der Waals surface area contributed by atoms with Gasteiger partial charge in [-0.05, 0) is 73.6 Å². The highest BCUT2D eigenvalue weighted by Gasteiger charge is 2.56. The Hall–Kier alpha value is -4.66. The Morgan fingerprint density at radius 2 is 1.60 bits per heavy atom. The molecular weight excluding hydrogens is 538 g/mol. The Kier molecular flexibility index (Phi) is 6.75. The monoisotopic (exact) mass is 569 g/mol. The number of Topliss-reactive ketones (excluding diaryl/α,β-unsaturated/α-hetero) is 1. The number of nitrogens with zero attached hydrogens (tertiary/aromatic N) is 1. The van der Waals surface area contributed by atoms with E-state index in [0.717, 1.165) is 11.1 Å². The van der Waals surface area contributed by atoms with E-state index >= 15 is 0 Å². The molecule has 2 aromatic carbocycles. The number of benzene rings is 2. The summed E-state index contributed by atoms with van der Waals surface area (Å²) in [7, 11) is 2.82. The van der Waals surface area contributed by atoms with Crippen LogP contribution in [-0.2, 0) is 25.6 Å². The molecule has 1 aliphatic heterocycles. The lowest BCUT2D eigenvalue weighted by Crippen LogP contribution is -2.40. The minimum absolute atomic E-state index is 0.141. The number of amides is 2. The summed E-state index contributed by atoms with van der Waals surface area (Å²) < 4.78 is 10.8. The molecule has 3 aliphatic carbocycles. The average molecular weight is 570 g/mol. The maximum atomic E-state index is 13.9. The normalized spacial score (nSPS) is 25.1. The van der Waals surface area contributed by atoms with Crippen LogP contribution in [-0.4, -0.2) is 59.3 Å². The van der Waals surface area contributed by atoms with Crippen LogP contribution >= 0.6 is 0 Å². The van der Waals surface area contributed by atoms with Gasteiger partial charge in [0.15, 0.2) is 23.1 Å². The van der Waals surface area contributed by atoms with Crippen molar-refractivity contribution in [1.29, 1.82) is 0 Å². The molecule has 0 saturated carbocycles. The Morgan fingerprint density at radius 1 is 0.929 bits per heavy atom. The van der Waals surface area contributed by atoms with Gasteiger partial charge in [-0.3, -0.25) is 24.1 Å². The van der Waals surface area contributed by atoms with Gasteiger partial charge in [0.25, 0.3) is 0 Å². The summed E-state index contributed by atoms with van der Waals surface area (Å²) in [5, 5.41) is 20.1. The van der Waals surface area contributed by atoms with Crippen LogP contribution in [0.1, 0.15) is 36.8 Å². The standard InChI is InChI=1S/C33H31NO8/c1-16-12-24(36)23-15-22-20(27(29(23)30(16)37)18-13-25(41-2)31(38)26(14-18)42-3)8-9-21-28(22)33(40)34(32(21)39)11-10-17-4-6-19(35)7-5-17/h4-8,12-14,21-22,27-28,35,38H,9-11,15H2,1-3H3. The summed E-state index contributed by atoms with van der Waals surface area (Å²) in [6.07, 6.45) is 4.26. The predicted molar refractivity (Wildman–Crippen MR) is 151 cm³/mol. The lowest BCUT2D eigenvalue weighted by molar-refractivity contribution is -0.140. The number of phenolic OH excluding ortho intramolecular Hbond substituents is 2. The fourth-order valence-electron chi connectivity index (χ4n) is 7.01. The van der Waals surface area contributed by atoms with Crippen molar-refractivity contribution in [2.75, 3.05) is 20.8 Å². The van der Waals surface area contributed by atoms with Crippen LogP contribution in [0.2, 0.25) is 0 Å². The van der Waals surface area contributed by atoms with Crippen molar-refractivity contribution in [1.82, 2.24) is 4.90 Å². The second-order valence-corrected chi connectivity index (χ2v) is 11.2. The second-order valence-electron chi connectivity index (χ2n) is 11.2. The van der Waals surface area contributed by atoms with Crippen LogP contribution in [0.25, 0.3) is 0 Å². The quantitative estimate of drug-likeness (QED) is 0.305. The van der Waals surface area contributed by atoms with Crippen molar-refractivity contribution in [3.8, 4) is 23.0 Å². The minimum atomic E-state index is -0.683. The number of hydrogen-bond donors (Lipinski definition) is 2. The first kappa shape index (κ1) is 27.5. The fraction of sp³-hybridized carbons (Fsp3) is 0.333. The summed E-state index contributed by atoms with van der Waals surface area (Å²) in [5.74, 6) is -3.13. The molecule has 0 spiro atoms. The SMILES string of the molecule is COc1cc(C2C3=CCC4C(=O)N(CCc5ccc(O)cc5)C(=O)C4C3CC3=C2C(=O)C(C)=CC3=O)cc(OC)c1O. The number of carbonyl (C=O) groups is 4. The highest BCUT2D eigenvalue weighted by molar-refractivity contribution is 6.23. The molecule has 9 nitrogen and oxygen atoms in total. The molecule has 6 rings (SSSR count). The van der Waals surface area contributed by atoms with Gasteiger partial charge in [-0.1, -0.05) is 23.8 Å². The number of carbonyl (C=O) groups excluding carboxylic acids is 4. The lowest BCUT2D eigenvalue weighted by atomic mass is 9.59. The van der Waals surface area contributed by atoms with Crippen LogP contribution in [0, 0.1) is 17.8 Å². The van der Waals surface area contributed by atoms with E-state index in [-0.39, 0.29) is 59.3 Å². The summed E-state index contributed by atoms with van der Waals surface area (Å²) >= 11 is 0. The van der Waals surface area contributed by atoms with Gasteiger partial charge in [0, 0.05) is 29.2 Å². The van der Waals surface area contributed by atoms with E-state index < -0.39 is 23.7 Å². The van der Waals surface area contributed by atoms with E-state index in [1.807, 2.05) is 6.08 Å². The summed E-state index contributed by atoms with van der Waals surface area (Å²) in [6.45, 7) is 1.82. The Labute approximate surface area is 242 Å². The fourth-order valence-corrected chi connectivity index (χ4v) is 7.01. The number of allylic oxidation sites excluding steroid dienone is 6. The zero-order chi connectivity index (χ0) is 29.9. The predicted octanol–water partition coefficient (Wildman–Crippen LogP) is 3.79. The van der Waals surface area contributed by atoms with Crippen molar-refractivity contribution in [2.24, 2.45) is 17.8 Å². The number of phenols is 2. The number of hydrogen-bond acceptors (Lipinski definition) is 8. The molecule has 4 aliphatic rings. The molecule has 4 atom stereocenters. The smallest absolute Gasteiger partial charge is 0.233 e. The Balaban J connectivity index is 1.41. The molecule has 1 saturated heterocycles. The first-order valence-electron chi connectivity index (χ1n) is 13.9. The molecule has 2 N–H and O–H groups in total. The molecule has 9 heteroatoms. The van der Waals surface area contributed by atoms with Crippen LogP contribution < -0.4 is 9.47 Å². The molecule has 2 amide bonds. The van der Waals surface area contributed by atoms with E-state index in [1.165, 1.54) is 25.2 Å². The Morgan fingerprint density at radius 3 is 2.24 bits per heavy atom. The number of aromatic hydroxyl groups is 2. The molecule has 0 radical (unpaired) electrons. The average Bonchev–Trinajstić information content (AvgIpc) is 3.23. The van der Waals surface area contributed by atoms with Crippen LogP contribution in [0.5, 0.6) is 23.0 Å². The first-order chi connectivity index (χ1) is 20.1. The first-order valence-corrected chi connectivity index (χ1v) is 13.9.